The molecule has 0 aliphatic carbocycles. The van der Waals surface area contributed by atoms with Gasteiger partial charge < -0.3 is 15.5 Å². The molecular weight excluding hydrogens is 138 g/mol. The van der Waals surface area contributed by atoms with Crippen molar-refractivity contribution in [3.05, 3.63) is 10.4 Å². The van der Waals surface area contributed by atoms with Crippen molar-refractivity contribution in [2.45, 2.75) is 6.42 Å². The van der Waals surface area contributed by atoms with Crippen molar-refractivity contribution >= 4 is 0 Å². The van der Waals surface area contributed by atoms with Crippen LogP contribution in [-0.4, -0.2) is 35.3 Å². The molecule has 0 saturated carbocycles. The minimum Gasteiger partial charge on any atom is -0.737 e. The van der Waals surface area contributed by atoms with Crippen molar-refractivity contribution in [1.82, 2.24) is 5.01 Å². The molecule has 0 heterocycles. The molecule has 0 amide bonds. The Labute approximate surface area is 58.5 Å². The monoisotopic (exact) mass is 148 g/mol. The fourth-order valence-corrected chi connectivity index (χ4v) is 0.447. The first-order valence-electron chi connectivity index (χ1n) is 2.84. The average Bonchev–Trinajstić information content (AvgIpc) is 1.98. The van der Waals surface area contributed by atoms with Gasteiger partial charge in [0.1, 0.15) is 0 Å². The van der Waals surface area contributed by atoms with Crippen LogP contribution in [0, 0.1) is 10.4 Å². The molecule has 1 N–H and O–H groups in total. The normalized spacial score (nSPS) is 11.6. The number of hydrogen-bond acceptors (Lipinski definition) is 4. The summed E-state index contributed by atoms with van der Waals surface area (Å²) in [7, 11) is 1.42. The highest BCUT2D eigenvalue weighted by Gasteiger charge is 2.00. The molecule has 6 heteroatoms. The molecule has 0 aliphatic rings. The van der Waals surface area contributed by atoms with Crippen LogP contribution in [0.5, 0.6) is 0 Å². The molecule has 0 radical (unpaired) electrons. The van der Waals surface area contributed by atoms with Gasteiger partial charge in [-0.25, -0.2) is 0 Å². The Hall–Kier alpha value is -1.04. The fraction of sp³-hybridized carbons (Fsp3) is 1.00. The number of rotatable bonds is 4. The van der Waals surface area contributed by atoms with Crippen LogP contribution in [0.15, 0.2) is 5.28 Å². The van der Waals surface area contributed by atoms with Crippen LogP contribution in [0.2, 0.25) is 0 Å². The minimum absolute atomic E-state index is 0.00294. The molecule has 0 atom stereocenters. The first-order valence-corrected chi connectivity index (χ1v) is 2.84. The maximum atomic E-state index is 10.3. The quantitative estimate of drug-likeness (QED) is 0.336. The summed E-state index contributed by atoms with van der Waals surface area (Å²) in [5, 5.41) is 31.4. The van der Waals surface area contributed by atoms with E-state index in [-0.39, 0.29) is 11.6 Å². The van der Waals surface area contributed by atoms with Crippen molar-refractivity contribution in [2.75, 3.05) is 20.2 Å². The second-order valence-corrected chi connectivity index (χ2v) is 1.79. The van der Waals surface area contributed by atoms with Gasteiger partial charge in [-0.15, -0.1) is 0 Å². The van der Waals surface area contributed by atoms with Crippen LogP contribution in [0.25, 0.3) is 0 Å². The predicted octanol–water partition coefficient (Wildman–Crippen LogP) is -0.324. The fourth-order valence-electron chi connectivity index (χ4n) is 0.447. The smallest absolute Gasteiger partial charge is 0.0786 e. The van der Waals surface area contributed by atoms with E-state index in [4.69, 9.17) is 5.11 Å². The SMILES string of the molecule is CN(CCCO)/[N+]([O-])=N/[O-]. The third-order valence-corrected chi connectivity index (χ3v) is 1.00. The molecule has 0 saturated heterocycles. The standard InChI is InChI=1S/C4H11N3O3/c1-6(3-2-4-8)7(10)5-9/h8-9H,2-4H2,1H3/p-1/b7-5-. The average molecular weight is 148 g/mol. The van der Waals surface area contributed by atoms with Crippen LogP contribution in [0.4, 0.5) is 0 Å². The minimum atomic E-state index is -0.0599. The highest BCUT2D eigenvalue weighted by atomic mass is 16.6. The van der Waals surface area contributed by atoms with Crippen LogP contribution in [-0.2, 0) is 0 Å². The number of aliphatic hydroxyl groups is 1. The highest BCUT2D eigenvalue weighted by Crippen LogP contribution is 1.87. The Morgan fingerprint density at radius 2 is 2.30 bits per heavy atom. The van der Waals surface area contributed by atoms with Gasteiger partial charge in [0.15, 0.2) is 0 Å². The number of hydrazine groups is 1. The Morgan fingerprint density at radius 3 is 2.70 bits per heavy atom. The van der Waals surface area contributed by atoms with Crippen LogP contribution >= 0.6 is 0 Å². The third-order valence-electron chi connectivity index (χ3n) is 1.00. The van der Waals surface area contributed by atoms with Gasteiger partial charge in [-0.3, -0.25) is 0 Å². The molecule has 6 nitrogen and oxygen atoms in total. The van der Waals surface area contributed by atoms with Gasteiger partial charge in [-0.2, -0.15) is 5.01 Å². The Kier molecular flexibility index (Phi) is 4.30. The Bertz CT molecular complexity index is 116. The zero-order chi connectivity index (χ0) is 7.98. The number of nitrogens with zero attached hydrogens (tertiary/aromatic N) is 3. The lowest BCUT2D eigenvalue weighted by molar-refractivity contribution is -0.684. The Balaban J connectivity index is 3.51. The van der Waals surface area contributed by atoms with Crippen molar-refractivity contribution in [3.8, 4) is 0 Å². The van der Waals surface area contributed by atoms with Gasteiger partial charge in [0.2, 0.25) is 0 Å². The van der Waals surface area contributed by atoms with Gasteiger partial charge in [0.25, 0.3) is 0 Å². The molecule has 0 unspecified atom stereocenters. The lowest BCUT2D eigenvalue weighted by Crippen LogP contribution is -2.27. The first kappa shape index (κ1) is 8.96. The van der Waals surface area contributed by atoms with Crippen molar-refractivity contribution in [1.29, 1.82) is 0 Å². The van der Waals surface area contributed by atoms with E-state index >= 15 is 0 Å². The summed E-state index contributed by atoms with van der Waals surface area (Å²) in [6.45, 7) is 0.322. The summed E-state index contributed by atoms with van der Waals surface area (Å²) in [6, 6.07) is 0. The third kappa shape index (κ3) is 3.08. The summed E-state index contributed by atoms with van der Waals surface area (Å²) >= 11 is 0. The summed E-state index contributed by atoms with van der Waals surface area (Å²) in [5.41, 5.74) is 0. The maximum Gasteiger partial charge on any atom is 0.0786 e. The molecule has 0 aliphatic heterocycles. The van der Waals surface area contributed by atoms with Crippen molar-refractivity contribution in [2.24, 2.45) is 5.28 Å². The van der Waals surface area contributed by atoms with E-state index in [2.05, 4.69) is 5.28 Å². The summed E-state index contributed by atoms with van der Waals surface area (Å²) in [6.07, 6.45) is 0.449. The lowest BCUT2D eigenvalue weighted by atomic mass is 10.4. The Morgan fingerprint density at radius 1 is 1.70 bits per heavy atom. The molecule has 0 bridgehead atoms. The van der Waals surface area contributed by atoms with E-state index < -0.39 is 0 Å². The molecule has 0 rings (SSSR count). The molecule has 10 heavy (non-hydrogen) atoms. The van der Waals surface area contributed by atoms with Gasteiger partial charge >= 0.3 is 0 Å². The first-order chi connectivity index (χ1) is 4.72. The van der Waals surface area contributed by atoms with E-state index in [0.29, 0.717) is 13.0 Å². The topological polar surface area (TPSA) is 85.0 Å². The van der Waals surface area contributed by atoms with E-state index in [1.165, 1.54) is 7.05 Å². The summed E-state index contributed by atoms with van der Waals surface area (Å²) in [5.74, 6) is 0. The molecule has 0 spiro atoms. The van der Waals surface area contributed by atoms with Crippen molar-refractivity contribution in [3.63, 3.8) is 0 Å². The zero-order valence-electron chi connectivity index (χ0n) is 5.73. The second-order valence-electron chi connectivity index (χ2n) is 1.79. The maximum absolute atomic E-state index is 10.3. The highest BCUT2D eigenvalue weighted by molar-refractivity contribution is 4.35. The zero-order valence-corrected chi connectivity index (χ0v) is 5.73. The lowest BCUT2D eigenvalue weighted by Gasteiger charge is -2.12. The molecular formula is C4H10N3O3-. The molecule has 60 valence electrons. The van der Waals surface area contributed by atoms with Crippen molar-refractivity contribution < 1.29 is 10.1 Å². The molecule has 0 fully saturated rings. The molecule has 0 aromatic carbocycles. The van der Waals surface area contributed by atoms with Gasteiger partial charge in [-0.1, -0.05) is 0 Å². The van der Waals surface area contributed by atoms with Crippen LogP contribution in [0.1, 0.15) is 6.42 Å². The van der Waals surface area contributed by atoms with Gasteiger partial charge in [0, 0.05) is 11.6 Å². The van der Waals surface area contributed by atoms with Gasteiger partial charge in [0.05, 0.1) is 13.6 Å². The van der Waals surface area contributed by atoms with E-state index in [1.807, 2.05) is 0 Å². The van der Waals surface area contributed by atoms with E-state index in [9.17, 15) is 10.4 Å². The largest absolute Gasteiger partial charge is 0.737 e. The number of aliphatic hydroxyl groups excluding tert-OH is 1. The van der Waals surface area contributed by atoms with Crippen LogP contribution < -0.4 is 0 Å². The number of hydrogen-bond donors (Lipinski definition) is 1. The van der Waals surface area contributed by atoms with Gasteiger partial charge in [-0.05, 0) is 11.7 Å². The summed E-state index contributed by atoms with van der Waals surface area (Å²) < 4.78 is 0. The second kappa shape index (κ2) is 4.80. The molecule has 0 aromatic heterocycles. The van der Waals surface area contributed by atoms with E-state index in [1.54, 1.807) is 0 Å². The van der Waals surface area contributed by atoms with Crippen LogP contribution in [0.3, 0.4) is 0 Å². The molecule has 0 aromatic rings. The predicted molar refractivity (Wildman–Crippen MR) is 33.8 cm³/mol. The van der Waals surface area contributed by atoms with E-state index in [0.717, 1.165) is 5.01 Å². The summed E-state index contributed by atoms with van der Waals surface area (Å²) in [4.78, 5) is -0.0599.